The maximum Gasteiger partial charge on any atom is 0.341 e. The van der Waals surface area contributed by atoms with E-state index in [4.69, 9.17) is 13.6 Å². The molecule has 0 radical (unpaired) electrons. The molecular formula is C14H8BrFN2O4. The SMILES string of the molecule is O=C(OCc1nnc(-c2ccco2)o1)c1cc(Br)ccc1F. The Morgan fingerprint density at radius 1 is 1.32 bits per heavy atom. The largest absolute Gasteiger partial charge is 0.459 e. The van der Waals surface area contributed by atoms with Crippen molar-refractivity contribution in [1.82, 2.24) is 10.2 Å². The minimum Gasteiger partial charge on any atom is -0.459 e. The van der Waals surface area contributed by atoms with Gasteiger partial charge in [-0.3, -0.25) is 0 Å². The minimum absolute atomic E-state index is 0.0788. The van der Waals surface area contributed by atoms with Crippen LogP contribution in [0.25, 0.3) is 11.7 Å². The van der Waals surface area contributed by atoms with Crippen LogP contribution >= 0.6 is 15.9 Å². The van der Waals surface area contributed by atoms with Gasteiger partial charge in [0.15, 0.2) is 12.4 Å². The van der Waals surface area contributed by atoms with Crippen LogP contribution in [0.3, 0.4) is 0 Å². The van der Waals surface area contributed by atoms with E-state index in [1.54, 1.807) is 12.1 Å². The van der Waals surface area contributed by atoms with Crippen LogP contribution in [-0.2, 0) is 11.3 Å². The smallest absolute Gasteiger partial charge is 0.341 e. The molecule has 2 aromatic heterocycles. The van der Waals surface area contributed by atoms with Crippen LogP contribution in [0.1, 0.15) is 16.2 Å². The summed E-state index contributed by atoms with van der Waals surface area (Å²) in [5.41, 5.74) is -0.180. The summed E-state index contributed by atoms with van der Waals surface area (Å²) in [5.74, 6) is -0.838. The first-order valence-electron chi connectivity index (χ1n) is 6.12. The molecule has 0 spiro atoms. The summed E-state index contributed by atoms with van der Waals surface area (Å²) in [4.78, 5) is 11.8. The van der Waals surface area contributed by atoms with E-state index in [0.29, 0.717) is 10.2 Å². The number of nitrogens with zero attached hydrogens (tertiary/aromatic N) is 2. The predicted octanol–water partition coefficient (Wildman–Crippen LogP) is 3.59. The molecule has 3 rings (SSSR count). The Hall–Kier alpha value is -2.48. The van der Waals surface area contributed by atoms with Crippen LogP contribution in [0, 0.1) is 5.82 Å². The predicted molar refractivity (Wildman–Crippen MR) is 75.2 cm³/mol. The van der Waals surface area contributed by atoms with Crippen molar-refractivity contribution < 1.29 is 22.8 Å². The Kier molecular flexibility index (Phi) is 4.01. The van der Waals surface area contributed by atoms with E-state index in [0.717, 1.165) is 0 Å². The first-order valence-corrected chi connectivity index (χ1v) is 6.91. The fourth-order valence-corrected chi connectivity index (χ4v) is 2.03. The quantitative estimate of drug-likeness (QED) is 0.656. The second-order valence-corrected chi connectivity index (χ2v) is 5.09. The van der Waals surface area contributed by atoms with Gasteiger partial charge in [0.05, 0.1) is 11.8 Å². The molecule has 0 fully saturated rings. The topological polar surface area (TPSA) is 78.4 Å². The minimum atomic E-state index is -0.823. The standard InChI is InChI=1S/C14H8BrFN2O4/c15-8-3-4-10(16)9(6-8)14(19)21-7-12-17-18-13(22-12)11-2-1-5-20-11/h1-6H,7H2. The second-order valence-electron chi connectivity index (χ2n) is 4.18. The Bertz CT molecular complexity index is 801. The van der Waals surface area contributed by atoms with Crippen molar-refractivity contribution in [2.45, 2.75) is 6.61 Å². The van der Waals surface area contributed by atoms with Crippen LogP contribution in [0.15, 0.2) is 49.9 Å². The molecule has 0 amide bonds. The molecule has 0 N–H and O–H groups in total. The summed E-state index contributed by atoms with van der Waals surface area (Å²) in [6, 6.07) is 7.32. The Morgan fingerprint density at radius 3 is 2.95 bits per heavy atom. The maximum atomic E-state index is 13.6. The lowest BCUT2D eigenvalue weighted by molar-refractivity contribution is 0.0433. The van der Waals surface area contributed by atoms with Crippen LogP contribution in [0.5, 0.6) is 0 Å². The van der Waals surface area contributed by atoms with Gasteiger partial charge in [-0.25, -0.2) is 9.18 Å². The second kappa shape index (κ2) is 6.10. The lowest BCUT2D eigenvalue weighted by Crippen LogP contribution is -2.07. The van der Waals surface area contributed by atoms with Gasteiger partial charge in [0.1, 0.15) is 5.82 Å². The van der Waals surface area contributed by atoms with Gasteiger partial charge in [-0.15, -0.1) is 10.2 Å². The van der Waals surface area contributed by atoms with Gasteiger partial charge < -0.3 is 13.6 Å². The number of halogens is 2. The van der Waals surface area contributed by atoms with Crippen LogP contribution < -0.4 is 0 Å². The summed E-state index contributed by atoms with van der Waals surface area (Å²) in [6.07, 6.45) is 1.47. The van der Waals surface area contributed by atoms with Gasteiger partial charge in [-0.1, -0.05) is 15.9 Å². The lowest BCUT2D eigenvalue weighted by Gasteiger charge is -2.03. The number of hydrogen-bond acceptors (Lipinski definition) is 6. The zero-order valence-electron chi connectivity index (χ0n) is 11.0. The lowest BCUT2D eigenvalue weighted by atomic mass is 10.2. The average molecular weight is 367 g/mol. The number of furan rings is 1. The van der Waals surface area contributed by atoms with E-state index in [2.05, 4.69) is 26.1 Å². The normalized spacial score (nSPS) is 10.6. The molecule has 0 atom stereocenters. The third-order valence-corrected chi connectivity index (χ3v) is 3.17. The van der Waals surface area contributed by atoms with Crippen molar-refractivity contribution >= 4 is 21.9 Å². The molecule has 0 saturated carbocycles. The average Bonchev–Trinajstić information content (AvgIpc) is 3.17. The highest BCUT2D eigenvalue weighted by molar-refractivity contribution is 9.10. The van der Waals surface area contributed by atoms with Crippen molar-refractivity contribution in [2.75, 3.05) is 0 Å². The van der Waals surface area contributed by atoms with Gasteiger partial charge in [-0.05, 0) is 30.3 Å². The monoisotopic (exact) mass is 366 g/mol. The number of ether oxygens (including phenoxy) is 1. The number of carbonyl (C=O) groups is 1. The molecule has 0 bridgehead atoms. The molecule has 0 aliphatic rings. The number of esters is 1. The highest BCUT2D eigenvalue weighted by Crippen LogP contribution is 2.19. The first-order chi connectivity index (χ1) is 10.6. The Morgan fingerprint density at radius 2 is 2.18 bits per heavy atom. The molecule has 22 heavy (non-hydrogen) atoms. The molecule has 6 nitrogen and oxygen atoms in total. The van der Waals surface area contributed by atoms with Crippen LogP contribution in [0.2, 0.25) is 0 Å². The van der Waals surface area contributed by atoms with Crippen molar-refractivity contribution in [1.29, 1.82) is 0 Å². The third kappa shape index (κ3) is 3.06. The molecule has 8 heteroatoms. The number of rotatable bonds is 4. The first kappa shape index (κ1) is 14.5. The van der Waals surface area contributed by atoms with E-state index in [9.17, 15) is 9.18 Å². The van der Waals surface area contributed by atoms with Crippen LogP contribution in [-0.4, -0.2) is 16.2 Å². The van der Waals surface area contributed by atoms with Crippen molar-refractivity contribution in [2.24, 2.45) is 0 Å². The summed E-state index contributed by atoms with van der Waals surface area (Å²) in [7, 11) is 0. The summed E-state index contributed by atoms with van der Waals surface area (Å²) in [5, 5.41) is 7.48. The van der Waals surface area contributed by atoms with Crippen molar-refractivity contribution in [3.63, 3.8) is 0 Å². The zero-order chi connectivity index (χ0) is 15.5. The highest BCUT2D eigenvalue weighted by Gasteiger charge is 2.16. The molecule has 112 valence electrons. The molecule has 1 aromatic carbocycles. The maximum absolute atomic E-state index is 13.6. The van der Waals surface area contributed by atoms with E-state index < -0.39 is 11.8 Å². The van der Waals surface area contributed by atoms with Gasteiger partial charge in [0, 0.05) is 4.47 Å². The van der Waals surface area contributed by atoms with E-state index >= 15 is 0 Å². The number of carbonyl (C=O) groups excluding carboxylic acids is 1. The van der Waals surface area contributed by atoms with Gasteiger partial charge in [-0.2, -0.15) is 0 Å². The van der Waals surface area contributed by atoms with Gasteiger partial charge in [0.25, 0.3) is 11.8 Å². The Labute approximate surface area is 132 Å². The number of aromatic nitrogens is 2. The van der Waals surface area contributed by atoms with Crippen molar-refractivity contribution in [3.05, 3.63) is 58.3 Å². The van der Waals surface area contributed by atoms with Crippen molar-refractivity contribution in [3.8, 4) is 11.7 Å². The summed E-state index contributed by atoms with van der Waals surface area (Å²) < 4.78 is 29.4. The zero-order valence-corrected chi connectivity index (χ0v) is 12.5. The summed E-state index contributed by atoms with van der Waals surface area (Å²) in [6.45, 7) is -0.265. The third-order valence-electron chi connectivity index (χ3n) is 2.67. The molecule has 2 heterocycles. The fraction of sp³-hybridized carbons (Fsp3) is 0.0714. The summed E-state index contributed by atoms with van der Waals surface area (Å²) >= 11 is 3.16. The molecule has 0 aliphatic carbocycles. The van der Waals surface area contributed by atoms with Gasteiger partial charge >= 0.3 is 5.97 Å². The Balaban J connectivity index is 1.67. The number of benzene rings is 1. The van der Waals surface area contributed by atoms with Gasteiger partial charge in [0.2, 0.25) is 0 Å². The van der Waals surface area contributed by atoms with E-state index in [1.807, 2.05) is 0 Å². The van der Waals surface area contributed by atoms with E-state index in [1.165, 1.54) is 24.5 Å². The fourth-order valence-electron chi connectivity index (χ4n) is 1.67. The molecule has 3 aromatic rings. The number of hydrogen-bond donors (Lipinski definition) is 0. The molecule has 0 aliphatic heterocycles. The molecule has 0 saturated heterocycles. The molecule has 0 unspecified atom stereocenters. The highest BCUT2D eigenvalue weighted by atomic mass is 79.9. The van der Waals surface area contributed by atoms with E-state index in [-0.39, 0.29) is 24.0 Å². The molecular weight excluding hydrogens is 359 g/mol. The van der Waals surface area contributed by atoms with Crippen LogP contribution in [0.4, 0.5) is 4.39 Å².